The Labute approximate surface area is 142 Å². The first kappa shape index (κ1) is 16.3. The molecule has 0 spiro atoms. The van der Waals surface area contributed by atoms with Crippen LogP contribution in [-0.4, -0.2) is 41.0 Å². The molecule has 24 heavy (non-hydrogen) atoms. The van der Waals surface area contributed by atoms with Gasteiger partial charge < -0.3 is 16.0 Å². The second kappa shape index (κ2) is 8.35. The van der Waals surface area contributed by atoms with Gasteiger partial charge >= 0.3 is 0 Å². The number of aromatic nitrogens is 2. The van der Waals surface area contributed by atoms with E-state index in [1.54, 1.807) is 0 Å². The topological polar surface area (TPSA) is 91.1 Å². The molecule has 0 radical (unpaired) electrons. The van der Waals surface area contributed by atoms with Gasteiger partial charge in [-0.2, -0.15) is 0 Å². The molecule has 1 aliphatic rings. The maximum atomic E-state index is 6.16. The summed E-state index contributed by atoms with van der Waals surface area (Å²) in [7, 11) is 0. The number of nitrogens with two attached hydrogens (primary N) is 1. The largest absolute Gasteiger partial charge is 0.393 e. The summed E-state index contributed by atoms with van der Waals surface area (Å²) in [4.78, 5) is 10.9. The molecular weight excluding hydrogens is 302 g/mol. The SMILES string of the molecule is Nc1c(NCCN2CCCCC2)ncnc1NNc1ccccc1. The van der Waals surface area contributed by atoms with Crippen molar-refractivity contribution < 1.29 is 0 Å². The van der Waals surface area contributed by atoms with Crippen LogP contribution in [0, 0.1) is 0 Å². The first-order chi connectivity index (χ1) is 11.8. The van der Waals surface area contributed by atoms with Crippen molar-refractivity contribution in [2.75, 3.05) is 48.1 Å². The monoisotopic (exact) mass is 327 g/mol. The summed E-state index contributed by atoms with van der Waals surface area (Å²) in [5, 5.41) is 3.31. The Kier molecular flexibility index (Phi) is 5.68. The average molecular weight is 327 g/mol. The standard InChI is InChI=1S/C17H25N7/c18-15-16(19-9-12-24-10-5-2-6-11-24)20-13-21-17(15)23-22-14-7-3-1-4-8-14/h1,3-4,7-8,13,22H,2,5-6,9-12,18H2,(H2,19,20,21,23). The highest BCUT2D eigenvalue weighted by Crippen LogP contribution is 2.22. The number of anilines is 4. The fourth-order valence-electron chi connectivity index (χ4n) is 2.80. The Hall–Kier alpha value is -2.54. The van der Waals surface area contributed by atoms with Crippen LogP contribution in [0.3, 0.4) is 0 Å². The molecule has 2 aromatic rings. The Morgan fingerprint density at radius 2 is 1.71 bits per heavy atom. The molecule has 1 fully saturated rings. The lowest BCUT2D eigenvalue weighted by molar-refractivity contribution is 0.237. The minimum atomic E-state index is 0.513. The van der Waals surface area contributed by atoms with E-state index in [0.717, 1.165) is 18.8 Å². The second-order valence-electron chi connectivity index (χ2n) is 5.93. The molecule has 0 atom stereocenters. The third-order valence-electron chi connectivity index (χ3n) is 4.15. The maximum absolute atomic E-state index is 6.16. The van der Waals surface area contributed by atoms with E-state index >= 15 is 0 Å². The summed E-state index contributed by atoms with van der Waals surface area (Å²) < 4.78 is 0. The third kappa shape index (κ3) is 4.48. The van der Waals surface area contributed by atoms with Gasteiger partial charge in [0.1, 0.15) is 12.0 Å². The molecule has 0 amide bonds. The van der Waals surface area contributed by atoms with Gasteiger partial charge in [0.05, 0.1) is 5.69 Å². The number of hydrogen-bond acceptors (Lipinski definition) is 7. The molecule has 3 rings (SSSR count). The molecule has 5 N–H and O–H groups in total. The zero-order valence-corrected chi connectivity index (χ0v) is 13.8. The first-order valence-electron chi connectivity index (χ1n) is 8.47. The number of hydrogen-bond donors (Lipinski definition) is 4. The van der Waals surface area contributed by atoms with Gasteiger partial charge in [0, 0.05) is 13.1 Å². The minimum Gasteiger partial charge on any atom is -0.393 e. The van der Waals surface area contributed by atoms with Crippen LogP contribution >= 0.6 is 0 Å². The van der Waals surface area contributed by atoms with Gasteiger partial charge in [-0.05, 0) is 38.1 Å². The van der Waals surface area contributed by atoms with Crippen LogP contribution in [0.25, 0.3) is 0 Å². The Morgan fingerprint density at radius 3 is 2.50 bits per heavy atom. The van der Waals surface area contributed by atoms with Crippen molar-refractivity contribution in [3.05, 3.63) is 36.7 Å². The van der Waals surface area contributed by atoms with Crippen LogP contribution in [0.1, 0.15) is 19.3 Å². The Bertz CT molecular complexity index is 626. The van der Waals surface area contributed by atoms with E-state index in [4.69, 9.17) is 5.73 Å². The van der Waals surface area contributed by atoms with E-state index in [-0.39, 0.29) is 0 Å². The molecule has 0 saturated carbocycles. The van der Waals surface area contributed by atoms with E-state index < -0.39 is 0 Å². The second-order valence-corrected chi connectivity index (χ2v) is 5.93. The molecule has 1 aromatic carbocycles. The van der Waals surface area contributed by atoms with Gasteiger partial charge in [0.2, 0.25) is 0 Å². The van der Waals surface area contributed by atoms with Gasteiger partial charge in [0.25, 0.3) is 0 Å². The van der Waals surface area contributed by atoms with Crippen LogP contribution in [0.15, 0.2) is 36.7 Å². The van der Waals surface area contributed by atoms with Gasteiger partial charge in [-0.3, -0.25) is 10.9 Å². The lowest BCUT2D eigenvalue weighted by Gasteiger charge is -2.26. The third-order valence-corrected chi connectivity index (χ3v) is 4.15. The van der Waals surface area contributed by atoms with Crippen LogP contribution in [0.5, 0.6) is 0 Å². The van der Waals surface area contributed by atoms with Crippen LogP contribution in [0.4, 0.5) is 23.0 Å². The average Bonchev–Trinajstić information content (AvgIpc) is 2.64. The first-order valence-corrected chi connectivity index (χ1v) is 8.47. The number of para-hydroxylation sites is 1. The van der Waals surface area contributed by atoms with Crippen molar-refractivity contribution in [2.45, 2.75) is 19.3 Å². The Morgan fingerprint density at radius 1 is 0.958 bits per heavy atom. The maximum Gasteiger partial charge on any atom is 0.173 e. The van der Waals surface area contributed by atoms with Crippen molar-refractivity contribution in [1.82, 2.24) is 14.9 Å². The lowest BCUT2D eigenvalue weighted by atomic mass is 10.1. The minimum absolute atomic E-state index is 0.513. The quantitative estimate of drug-likeness (QED) is 0.580. The molecule has 1 saturated heterocycles. The number of nitrogen functional groups attached to an aromatic ring is 1. The van der Waals surface area contributed by atoms with E-state index in [9.17, 15) is 0 Å². The van der Waals surface area contributed by atoms with E-state index in [1.165, 1.54) is 38.7 Å². The highest BCUT2D eigenvalue weighted by atomic mass is 15.4. The molecule has 7 nitrogen and oxygen atoms in total. The molecular formula is C17H25N7. The lowest BCUT2D eigenvalue weighted by Crippen LogP contribution is -2.33. The van der Waals surface area contributed by atoms with Crippen molar-refractivity contribution in [3.63, 3.8) is 0 Å². The summed E-state index contributed by atoms with van der Waals surface area (Å²) in [6.45, 7) is 4.21. The number of piperidine rings is 1. The van der Waals surface area contributed by atoms with Gasteiger partial charge in [-0.1, -0.05) is 24.6 Å². The highest BCUT2D eigenvalue weighted by molar-refractivity contribution is 5.74. The molecule has 0 unspecified atom stereocenters. The summed E-state index contributed by atoms with van der Waals surface area (Å²) in [6.07, 6.45) is 5.46. The number of nitrogens with zero attached hydrogens (tertiary/aromatic N) is 3. The van der Waals surface area contributed by atoms with Crippen molar-refractivity contribution in [1.29, 1.82) is 0 Å². The van der Waals surface area contributed by atoms with Crippen molar-refractivity contribution in [3.8, 4) is 0 Å². The van der Waals surface area contributed by atoms with Crippen LogP contribution in [-0.2, 0) is 0 Å². The van der Waals surface area contributed by atoms with Crippen molar-refractivity contribution >= 4 is 23.0 Å². The van der Waals surface area contributed by atoms with Gasteiger partial charge in [0.15, 0.2) is 11.6 Å². The molecule has 0 aliphatic carbocycles. The van der Waals surface area contributed by atoms with Gasteiger partial charge in [-0.25, -0.2) is 9.97 Å². The predicted molar refractivity (Wildman–Crippen MR) is 98.9 cm³/mol. The molecule has 2 heterocycles. The fraction of sp³-hybridized carbons (Fsp3) is 0.412. The zero-order chi connectivity index (χ0) is 16.6. The van der Waals surface area contributed by atoms with E-state index in [1.807, 2.05) is 30.3 Å². The van der Waals surface area contributed by atoms with Crippen LogP contribution in [0.2, 0.25) is 0 Å². The van der Waals surface area contributed by atoms with Crippen LogP contribution < -0.4 is 21.9 Å². The zero-order valence-electron chi connectivity index (χ0n) is 13.8. The van der Waals surface area contributed by atoms with E-state index in [0.29, 0.717) is 17.3 Å². The van der Waals surface area contributed by atoms with Crippen molar-refractivity contribution in [2.24, 2.45) is 0 Å². The predicted octanol–water partition coefficient (Wildman–Crippen LogP) is 2.40. The summed E-state index contributed by atoms with van der Waals surface area (Å²) in [5.74, 6) is 1.23. The highest BCUT2D eigenvalue weighted by Gasteiger charge is 2.11. The van der Waals surface area contributed by atoms with E-state index in [2.05, 4.69) is 31.0 Å². The summed E-state index contributed by atoms with van der Waals surface area (Å²) in [6, 6.07) is 9.81. The molecule has 128 valence electrons. The molecule has 7 heteroatoms. The number of nitrogens with one attached hydrogen (secondary N) is 3. The number of benzene rings is 1. The fourth-order valence-corrected chi connectivity index (χ4v) is 2.80. The number of likely N-dealkylation sites (tertiary alicyclic amines) is 1. The summed E-state index contributed by atoms with van der Waals surface area (Å²) in [5.41, 5.74) is 13.7. The summed E-state index contributed by atoms with van der Waals surface area (Å²) >= 11 is 0. The molecule has 1 aliphatic heterocycles. The normalized spacial score (nSPS) is 15.0. The smallest absolute Gasteiger partial charge is 0.173 e. The van der Waals surface area contributed by atoms with Gasteiger partial charge in [-0.15, -0.1) is 0 Å². The number of rotatable bonds is 7. The molecule has 0 bridgehead atoms. The number of hydrazine groups is 1. The molecule has 1 aromatic heterocycles. The Balaban J connectivity index is 1.52.